The number of rotatable bonds is 7. The predicted molar refractivity (Wildman–Crippen MR) is 75.2 cm³/mol. The van der Waals surface area contributed by atoms with Crippen LogP contribution in [-0.4, -0.2) is 6.61 Å². The first-order valence-electron chi connectivity index (χ1n) is 6.76. The summed E-state index contributed by atoms with van der Waals surface area (Å²) in [7, 11) is 0. The third-order valence-corrected chi connectivity index (χ3v) is 2.82. The molecule has 0 N–H and O–H groups in total. The Bertz CT molecular complexity index is 558. The number of nitrogens with zero attached hydrogens (tertiary/aromatic N) is 2. The van der Waals surface area contributed by atoms with Crippen LogP contribution in [0.3, 0.4) is 0 Å². The van der Waals surface area contributed by atoms with Gasteiger partial charge in [0.15, 0.2) is 17.4 Å². The molecule has 110 valence electrons. The van der Waals surface area contributed by atoms with Gasteiger partial charge in [-0.1, -0.05) is 26.2 Å². The van der Waals surface area contributed by atoms with Gasteiger partial charge in [0.25, 0.3) is 0 Å². The Labute approximate surface area is 123 Å². The first-order valence-corrected chi connectivity index (χ1v) is 6.76. The number of allylic oxidation sites excluding steroid dienone is 1. The van der Waals surface area contributed by atoms with E-state index >= 15 is 0 Å². The second-order valence-electron chi connectivity index (χ2n) is 4.50. The summed E-state index contributed by atoms with van der Waals surface area (Å²) in [6, 6.07) is 5.34. The monoisotopic (exact) mass is 290 g/mol. The largest absolute Gasteiger partial charge is 0.488 e. The zero-order valence-corrected chi connectivity index (χ0v) is 11.8. The molecule has 0 fully saturated rings. The molecule has 0 unspecified atom stereocenters. The van der Waals surface area contributed by atoms with Crippen LogP contribution < -0.4 is 4.74 Å². The number of benzene rings is 1. The molecule has 0 atom stereocenters. The van der Waals surface area contributed by atoms with Crippen molar-refractivity contribution in [1.82, 2.24) is 0 Å². The lowest BCUT2D eigenvalue weighted by atomic mass is 10.1. The Morgan fingerprint density at radius 1 is 1.14 bits per heavy atom. The number of ether oxygens (including phenoxy) is 1. The Hall–Kier alpha value is -2.40. The number of unbranched alkanes of at least 4 members (excludes halogenated alkanes) is 3. The summed E-state index contributed by atoms with van der Waals surface area (Å²) in [6.07, 6.45) is 4.94. The van der Waals surface area contributed by atoms with Gasteiger partial charge in [-0.25, -0.2) is 8.78 Å². The number of nitriles is 2. The third-order valence-electron chi connectivity index (χ3n) is 2.82. The van der Waals surface area contributed by atoms with Crippen LogP contribution in [0.15, 0.2) is 17.7 Å². The Morgan fingerprint density at radius 2 is 1.76 bits per heavy atom. The van der Waals surface area contributed by atoms with Gasteiger partial charge in [0.1, 0.15) is 17.7 Å². The minimum absolute atomic E-state index is 0.112. The fourth-order valence-corrected chi connectivity index (χ4v) is 1.76. The van der Waals surface area contributed by atoms with Gasteiger partial charge in [-0.2, -0.15) is 10.5 Å². The van der Waals surface area contributed by atoms with Crippen molar-refractivity contribution in [2.45, 2.75) is 32.6 Å². The van der Waals surface area contributed by atoms with Crippen LogP contribution in [0.1, 0.15) is 38.2 Å². The van der Waals surface area contributed by atoms with E-state index in [9.17, 15) is 8.78 Å². The predicted octanol–water partition coefficient (Wildman–Crippen LogP) is 4.35. The molecule has 0 heterocycles. The van der Waals surface area contributed by atoms with Gasteiger partial charge in [0.2, 0.25) is 0 Å². The van der Waals surface area contributed by atoms with Gasteiger partial charge >= 0.3 is 0 Å². The van der Waals surface area contributed by atoms with Gasteiger partial charge in [0.05, 0.1) is 6.61 Å². The number of hydrogen-bond acceptors (Lipinski definition) is 3. The highest BCUT2D eigenvalue weighted by Crippen LogP contribution is 2.24. The fourth-order valence-electron chi connectivity index (χ4n) is 1.76. The van der Waals surface area contributed by atoms with E-state index in [1.807, 2.05) is 0 Å². The van der Waals surface area contributed by atoms with Crippen molar-refractivity contribution < 1.29 is 13.5 Å². The lowest BCUT2D eigenvalue weighted by Gasteiger charge is -2.09. The second-order valence-corrected chi connectivity index (χ2v) is 4.50. The number of hydrogen-bond donors (Lipinski definition) is 0. The average Bonchev–Trinajstić information content (AvgIpc) is 2.47. The maximum absolute atomic E-state index is 13.8. The van der Waals surface area contributed by atoms with Crippen molar-refractivity contribution in [3.63, 3.8) is 0 Å². The minimum Gasteiger partial charge on any atom is -0.488 e. The average molecular weight is 290 g/mol. The smallest absolute Gasteiger partial charge is 0.190 e. The number of halogens is 2. The zero-order valence-electron chi connectivity index (χ0n) is 11.8. The molecule has 0 aliphatic heterocycles. The maximum Gasteiger partial charge on any atom is 0.190 e. The SMILES string of the molecule is CCCCCCOc1c(F)cc(C=C(C#N)C#N)cc1F. The topological polar surface area (TPSA) is 56.8 Å². The summed E-state index contributed by atoms with van der Waals surface area (Å²) < 4.78 is 32.7. The summed E-state index contributed by atoms with van der Waals surface area (Å²) >= 11 is 0. The van der Waals surface area contributed by atoms with E-state index in [1.54, 1.807) is 12.1 Å². The Kier molecular flexibility index (Phi) is 6.91. The third kappa shape index (κ3) is 5.24. The molecular weight excluding hydrogens is 274 g/mol. The molecule has 0 radical (unpaired) electrons. The van der Waals surface area contributed by atoms with Gasteiger partial charge in [-0.05, 0) is 30.2 Å². The quantitative estimate of drug-likeness (QED) is 0.554. The second kappa shape index (κ2) is 8.71. The van der Waals surface area contributed by atoms with Crippen molar-refractivity contribution in [2.75, 3.05) is 6.61 Å². The van der Waals surface area contributed by atoms with Crippen molar-refractivity contribution in [3.8, 4) is 17.9 Å². The van der Waals surface area contributed by atoms with E-state index in [1.165, 1.54) is 0 Å². The van der Waals surface area contributed by atoms with E-state index in [4.69, 9.17) is 15.3 Å². The van der Waals surface area contributed by atoms with E-state index in [0.717, 1.165) is 43.9 Å². The molecule has 0 spiro atoms. The molecule has 0 saturated carbocycles. The van der Waals surface area contributed by atoms with E-state index in [0.29, 0.717) is 0 Å². The highest BCUT2D eigenvalue weighted by Gasteiger charge is 2.12. The molecule has 1 aromatic carbocycles. The Morgan fingerprint density at radius 3 is 2.29 bits per heavy atom. The molecule has 0 saturated heterocycles. The lowest BCUT2D eigenvalue weighted by molar-refractivity contribution is 0.275. The molecule has 3 nitrogen and oxygen atoms in total. The van der Waals surface area contributed by atoms with Gasteiger partial charge in [-0.3, -0.25) is 0 Å². The van der Waals surface area contributed by atoms with Crippen molar-refractivity contribution in [1.29, 1.82) is 10.5 Å². The van der Waals surface area contributed by atoms with Gasteiger partial charge in [-0.15, -0.1) is 0 Å². The summed E-state index contributed by atoms with van der Waals surface area (Å²) in [5.74, 6) is -2.10. The maximum atomic E-state index is 13.8. The summed E-state index contributed by atoms with van der Waals surface area (Å²) in [5.41, 5.74) is -0.108. The highest BCUT2D eigenvalue weighted by atomic mass is 19.1. The lowest BCUT2D eigenvalue weighted by Crippen LogP contribution is -2.02. The summed E-state index contributed by atoms with van der Waals surface area (Å²) in [4.78, 5) is 0. The van der Waals surface area contributed by atoms with E-state index < -0.39 is 17.4 Å². The standard InChI is InChI=1S/C16H16F2N2O/c1-2-3-4-5-6-21-16-14(17)8-12(9-15(16)18)7-13(10-19)11-20/h7-9H,2-6H2,1H3. The van der Waals surface area contributed by atoms with Crippen LogP contribution in [-0.2, 0) is 0 Å². The highest BCUT2D eigenvalue weighted by molar-refractivity contribution is 5.62. The van der Waals surface area contributed by atoms with Gasteiger partial charge < -0.3 is 4.74 Å². The van der Waals surface area contributed by atoms with E-state index in [-0.39, 0.29) is 17.7 Å². The Balaban J connectivity index is 2.79. The molecule has 21 heavy (non-hydrogen) atoms. The van der Waals surface area contributed by atoms with E-state index in [2.05, 4.69) is 6.92 Å². The van der Waals surface area contributed by atoms with Crippen LogP contribution in [0, 0.1) is 34.3 Å². The van der Waals surface area contributed by atoms with Crippen molar-refractivity contribution >= 4 is 6.08 Å². The normalized spacial score (nSPS) is 9.57. The molecular formula is C16H16F2N2O. The molecule has 0 bridgehead atoms. The van der Waals surface area contributed by atoms with Crippen LogP contribution in [0.2, 0.25) is 0 Å². The van der Waals surface area contributed by atoms with Crippen LogP contribution in [0.4, 0.5) is 8.78 Å². The first-order chi connectivity index (χ1) is 10.1. The van der Waals surface area contributed by atoms with Crippen molar-refractivity contribution in [2.24, 2.45) is 0 Å². The molecule has 0 aromatic heterocycles. The van der Waals surface area contributed by atoms with Crippen LogP contribution in [0.5, 0.6) is 5.75 Å². The molecule has 1 rings (SSSR count). The van der Waals surface area contributed by atoms with Crippen LogP contribution >= 0.6 is 0 Å². The van der Waals surface area contributed by atoms with Gasteiger partial charge in [0, 0.05) is 0 Å². The molecule has 5 heteroatoms. The molecule has 1 aromatic rings. The zero-order chi connectivity index (χ0) is 15.7. The fraction of sp³-hybridized carbons (Fsp3) is 0.375. The molecule has 0 aliphatic carbocycles. The molecule has 0 aliphatic rings. The summed E-state index contributed by atoms with van der Waals surface area (Å²) in [5, 5.41) is 17.2. The van der Waals surface area contributed by atoms with Crippen LogP contribution in [0.25, 0.3) is 6.08 Å². The van der Waals surface area contributed by atoms with Crippen molar-refractivity contribution in [3.05, 3.63) is 34.9 Å². The minimum atomic E-state index is -0.841. The summed E-state index contributed by atoms with van der Waals surface area (Å²) in [6.45, 7) is 2.33. The first kappa shape index (κ1) is 16.7. The molecule has 0 amide bonds.